The molecule has 0 radical (unpaired) electrons. The van der Waals surface area contributed by atoms with Gasteiger partial charge in [-0.1, -0.05) is 20.8 Å². The maximum atomic E-state index is 14.0. The number of hydrogen-bond donors (Lipinski definition) is 1. The van der Waals surface area contributed by atoms with Crippen LogP contribution in [0.15, 0.2) is 30.6 Å². The minimum absolute atomic E-state index is 0.0914. The van der Waals surface area contributed by atoms with Crippen LogP contribution >= 0.6 is 0 Å². The lowest BCUT2D eigenvalue weighted by Crippen LogP contribution is -2.43. The number of nitrogens with one attached hydrogen (secondary N) is 1. The van der Waals surface area contributed by atoms with Crippen LogP contribution in [0.5, 0.6) is 0 Å². The third-order valence-corrected chi connectivity index (χ3v) is 16.7. The second kappa shape index (κ2) is 12.9. The predicted octanol–water partition coefficient (Wildman–Crippen LogP) is 5.33. The number of aromatic nitrogens is 3. The molecule has 12 nitrogen and oxygen atoms in total. The molecule has 0 unspecified atom stereocenters. The molecule has 268 valence electrons. The summed E-state index contributed by atoms with van der Waals surface area (Å²) in [6.45, 7) is 16.9. The summed E-state index contributed by atoms with van der Waals surface area (Å²) in [4.78, 5) is 39.4. The van der Waals surface area contributed by atoms with E-state index in [1.54, 1.807) is 10.7 Å². The summed E-state index contributed by atoms with van der Waals surface area (Å²) in [7, 11) is -1.79. The van der Waals surface area contributed by atoms with Crippen molar-refractivity contribution < 1.29 is 23.5 Å². The Labute approximate surface area is 295 Å². The molecule has 2 amide bonds. The van der Waals surface area contributed by atoms with E-state index < -0.39 is 8.32 Å². The summed E-state index contributed by atoms with van der Waals surface area (Å²) in [5.74, 6) is 1.20. The number of morpholine rings is 2. The van der Waals surface area contributed by atoms with Gasteiger partial charge in [-0.3, -0.25) is 9.59 Å². The van der Waals surface area contributed by atoms with E-state index in [9.17, 15) is 9.59 Å². The molecular weight excluding hydrogens is 651 g/mol. The highest BCUT2D eigenvalue weighted by Crippen LogP contribution is 2.41. The number of amides is 2. The number of rotatable bonds is 8. The second-order valence-electron chi connectivity index (χ2n) is 16.4. The average molecular weight is 702 g/mol. The summed E-state index contributed by atoms with van der Waals surface area (Å²) in [5.41, 5.74) is 4.16. The molecule has 1 saturated carbocycles. The molecule has 3 aromatic rings. The zero-order valence-electron chi connectivity index (χ0n) is 30.1. The van der Waals surface area contributed by atoms with Crippen molar-refractivity contribution in [1.82, 2.24) is 19.5 Å². The predicted molar refractivity (Wildman–Crippen MR) is 195 cm³/mol. The fraction of sp³-hybridized carbons (Fsp3) is 0.622. The Bertz CT molecular complexity index is 1780. The second-order valence-corrected chi connectivity index (χ2v) is 21.2. The van der Waals surface area contributed by atoms with Crippen LogP contribution in [0.4, 0.5) is 17.2 Å². The van der Waals surface area contributed by atoms with Crippen LogP contribution in [0.25, 0.3) is 5.65 Å². The molecule has 0 spiro atoms. The Kier molecular flexibility index (Phi) is 8.68. The van der Waals surface area contributed by atoms with E-state index in [2.05, 4.69) is 59.0 Å². The van der Waals surface area contributed by atoms with Gasteiger partial charge in [0.1, 0.15) is 11.4 Å². The molecule has 2 atom stereocenters. The lowest BCUT2D eigenvalue weighted by atomic mass is 9.86. The Morgan fingerprint density at radius 2 is 1.86 bits per heavy atom. The molecule has 4 fully saturated rings. The van der Waals surface area contributed by atoms with Crippen LogP contribution in [0, 0.1) is 5.92 Å². The highest BCUT2D eigenvalue weighted by molar-refractivity contribution is 6.74. The first-order chi connectivity index (χ1) is 23.9. The van der Waals surface area contributed by atoms with Crippen molar-refractivity contribution in [3.05, 3.63) is 47.3 Å². The van der Waals surface area contributed by atoms with Gasteiger partial charge in [0, 0.05) is 50.6 Å². The molecule has 6 heterocycles. The number of fused-ring (bicyclic) bond motifs is 4. The lowest BCUT2D eigenvalue weighted by molar-refractivity contribution is 0.0612. The molecule has 8 rings (SSSR count). The van der Waals surface area contributed by atoms with Crippen LogP contribution in [-0.2, 0) is 20.4 Å². The molecule has 1 aliphatic carbocycles. The molecule has 50 heavy (non-hydrogen) atoms. The van der Waals surface area contributed by atoms with Gasteiger partial charge in [0.15, 0.2) is 14.0 Å². The standard InChI is InChI=1S/C37H51N7O5Si/c1-37(2,3)50(4,5)49-22-24-6-8-26(9-7-24)43-20-25-16-31(32(18-29(25)36(43)46)41-12-14-47-15-13-41)39-35(45)30-19-38-44-11-10-33(40-34(30)44)42-21-28-17-27(42)23-48-28/h10-11,16,18-19,24,26-28H,6-9,12-15,17,20-23H2,1-5H3,(H,39,45)/t24?,26?,27-,28-/m1/s1. The fourth-order valence-electron chi connectivity index (χ4n) is 8.05. The summed E-state index contributed by atoms with van der Waals surface area (Å²) in [6, 6.07) is 6.49. The first kappa shape index (κ1) is 33.6. The molecule has 13 heteroatoms. The van der Waals surface area contributed by atoms with Crippen LogP contribution in [0.1, 0.15) is 79.2 Å². The Morgan fingerprint density at radius 3 is 2.56 bits per heavy atom. The lowest BCUT2D eigenvalue weighted by Gasteiger charge is -2.39. The van der Waals surface area contributed by atoms with E-state index in [4.69, 9.17) is 18.9 Å². The normalized spacial score (nSPS) is 25.5. The summed E-state index contributed by atoms with van der Waals surface area (Å²) < 4.78 is 19.7. The highest BCUT2D eigenvalue weighted by Gasteiger charge is 2.41. The zero-order valence-corrected chi connectivity index (χ0v) is 31.1. The minimum Gasteiger partial charge on any atom is -0.417 e. The largest absolute Gasteiger partial charge is 0.417 e. The number of hydrogen-bond acceptors (Lipinski definition) is 9. The molecule has 2 aromatic heterocycles. The number of carbonyl (C=O) groups is 2. The fourth-order valence-corrected chi connectivity index (χ4v) is 9.13. The van der Waals surface area contributed by atoms with E-state index in [0.29, 0.717) is 68.3 Å². The molecule has 4 aliphatic heterocycles. The number of anilines is 3. The van der Waals surface area contributed by atoms with Crippen molar-refractivity contribution in [2.75, 3.05) is 61.2 Å². The van der Waals surface area contributed by atoms with E-state index >= 15 is 0 Å². The van der Waals surface area contributed by atoms with Crippen molar-refractivity contribution in [3.8, 4) is 0 Å². The van der Waals surface area contributed by atoms with Gasteiger partial charge < -0.3 is 33.9 Å². The zero-order chi connectivity index (χ0) is 34.8. The first-order valence-corrected chi connectivity index (χ1v) is 21.3. The van der Waals surface area contributed by atoms with Crippen LogP contribution < -0.4 is 15.1 Å². The van der Waals surface area contributed by atoms with Crippen molar-refractivity contribution in [2.24, 2.45) is 5.92 Å². The SMILES string of the molecule is CC(C)(C)[Si](C)(C)OCC1CCC(N2Cc3cc(NC(=O)c4cnn5ccc(N6C[C@H]7C[C@@H]6CO7)nc45)c(N4CCOCC4)cc3C2=O)CC1. The van der Waals surface area contributed by atoms with E-state index in [1.807, 2.05) is 24.4 Å². The Morgan fingerprint density at radius 1 is 1.08 bits per heavy atom. The van der Waals surface area contributed by atoms with Gasteiger partial charge in [0.05, 0.1) is 49.5 Å². The number of carbonyl (C=O) groups excluding carboxylic acids is 2. The van der Waals surface area contributed by atoms with E-state index in [0.717, 1.165) is 67.9 Å². The monoisotopic (exact) mass is 701 g/mol. The first-order valence-electron chi connectivity index (χ1n) is 18.4. The van der Waals surface area contributed by atoms with Gasteiger partial charge in [-0.2, -0.15) is 5.10 Å². The molecule has 5 aliphatic rings. The third-order valence-electron chi connectivity index (χ3n) is 12.2. The van der Waals surface area contributed by atoms with Gasteiger partial charge in [-0.25, -0.2) is 9.50 Å². The smallest absolute Gasteiger partial charge is 0.261 e. The quantitative estimate of drug-likeness (QED) is 0.312. The summed E-state index contributed by atoms with van der Waals surface area (Å²) in [6.07, 6.45) is 8.82. The summed E-state index contributed by atoms with van der Waals surface area (Å²) in [5, 5.41) is 7.86. The number of benzene rings is 1. The van der Waals surface area contributed by atoms with Crippen molar-refractivity contribution in [3.63, 3.8) is 0 Å². The molecular formula is C37H51N7O5Si. The number of ether oxygens (including phenoxy) is 2. The van der Waals surface area contributed by atoms with Crippen molar-refractivity contribution >= 4 is 43.0 Å². The minimum atomic E-state index is -1.79. The van der Waals surface area contributed by atoms with Crippen LogP contribution in [0.2, 0.25) is 18.1 Å². The van der Waals surface area contributed by atoms with Gasteiger partial charge in [-0.15, -0.1) is 0 Å². The number of nitrogens with zero attached hydrogens (tertiary/aromatic N) is 6. The Hall–Kier alpha value is -3.52. The van der Waals surface area contributed by atoms with Crippen LogP contribution in [-0.4, -0.2) is 104 Å². The van der Waals surface area contributed by atoms with Crippen LogP contribution in [0.3, 0.4) is 0 Å². The highest BCUT2D eigenvalue weighted by atomic mass is 28.4. The topological polar surface area (TPSA) is 114 Å². The van der Waals surface area contributed by atoms with Gasteiger partial charge in [0.2, 0.25) is 0 Å². The maximum absolute atomic E-state index is 14.0. The van der Waals surface area contributed by atoms with E-state index in [1.165, 1.54) is 0 Å². The molecule has 1 aromatic carbocycles. The van der Waals surface area contributed by atoms with Gasteiger partial charge >= 0.3 is 0 Å². The van der Waals surface area contributed by atoms with Gasteiger partial charge in [0.25, 0.3) is 11.8 Å². The molecule has 1 N–H and O–H groups in total. The maximum Gasteiger partial charge on any atom is 0.261 e. The van der Waals surface area contributed by atoms with E-state index in [-0.39, 0.29) is 29.0 Å². The average Bonchev–Trinajstić information content (AvgIpc) is 3.91. The third kappa shape index (κ3) is 6.20. The van der Waals surface area contributed by atoms with Crippen molar-refractivity contribution in [1.29, 1.82) is 0 Å². The summed E-state index contributed by atoms with van der Waals surface area (Å²) >= 11 is 0. The molecule has 3 saturated heterocycles. The Balaban J connectivity index is 0.998. The van der Waals surface area contributed by atoms with Crippen molar-refractivity contribution in [2.45, 2.75) is 95.7 Å². The van der Waals surface area contributed by atoms with Gasteiger partial charge in [-0.05, 0) is 79.9 Å². The molecule has 2 bridgehead atoms.